The number of nitrogens with one attached hydrogen (secondary N) is 1. The van der Waals surface area contributed by atoms with Gasteiger partial charge in [0.05, 0.1) is 5.56 Å². The lowest BCUT2D eigenvalue weighted by atomic mass is 9.97. The summed E-state index contributed by atoms with van der Waals surface area (Å²) in [5.74, 6) is -1.95. The minimum absolute atomic E-state index is 0.0187. The number of carboxylic acid groups (broad SMARTS) is 1. The van der Waals surface area contributed by atoms with Gasteiger partial charge < -0.3 is 5.11 Å². The van der Waals surface area contributed by atoms with E-state index in [0.29, 0.717) is 6.42 Å². The molecule has 0 heterocycles. The minimum atomic E-state index is -3.73. The number of hydrogen-bond donors (Lipinski definition) is 3. The third-order valence-electron chi connectivity index (χ3n) is 4.71. The molecule has 0 aromatic heterocycles. The number of carboxylic acids is 1. The lowest BCUT2D eigenvalue weighted by molar-refractivity contribution is -0.131. The van der Waals surface area contributed by atoms with Crippen molar-refractivity contribution in [3.63, 3.8) is 0 Å². The van der Waals surface area contributed by atoms with Gasteiger partial charge in [-0.3, -0.25) is 10.0 Å². The van der Waals surface area contributed by atoms with Crippen LogP contribution >= 0.6 is 0 Å². The Morgan fingerprint density at radius 1 is 1.00 bits per heavy atom. The predicted molar refractivity (Wildman–Crippen MR) is 100 cm³/mol. The van der Waals surface area contributed by atoms with Crippen molar-refractivity contribution in [1.82, 2.24) is 5.48 Å². The molecule has 0 saturated heterocycles. The molecule has 0 spiro atoms. The number of sulfone groups is 1. The van der Waals surface area contributed by atoms with Gasteiger partial charge in [-0.1, -0.05) is 36.4 Å². The summed E-state index contributed by atoms with van der Waals surface area (Å²) >= 11 is 0. The van der Waals surface area contributed by atoms with Crippen molar-refractivity contribution in [2.24, 2.45) is 0 Å². The Hall–Kier alpha value is -2.71. The van der Waals surface area contributed by atoms with Crippen molar-refractivity contribution < 1.29 is 28.3 Å². The van der Waals surface area contributed by atoms with E-state index in [-0.39, 0.29) is 12.0 Å². The van der Waals surface area contributed by atoms with Crippen LogP contribution in [0.15, 0.2) is 48.5 Å². The van der Waals surface area contributed by atoms with Gasteiger partial charge in [-0.25, -0.2) is 18.7 Å². The molecule has 0 radical (unpaired) electrons. The van der Waals surface area contributed by atoms with Gasteiger partial charge in [0.25, 0.3) is 5.91 Å². The van der Waals surface area contributed by atoms with Crippen LogP contribution in [0.3, 0.4) is 0 Å². The number of rotatable bonds is 7. The molecule has 0 saturated carbocycles. The van der Waals surface area contributed by atoms with E-state index in [9.17, 15) is 18.0 Å². The number of amides is 1. The standard InChI is InChI=1S/C19H21NO6S/c1-19(18(23)20-24,27(2,25)26)12-11-13-3-5-14(6-4-13)15-7-9-16(10-8-15)17(21)22/h3-10,24H,11-12H2,1-2H3,(H,20,23)(H,21,22)/t19-/m1/s1. The zero-order chi connectivity index (χ0) is 20.2. The highest BCUT2D eigenvalue weighted by molar-refractivity contribution is 7.92. The molecule has 0 aliphatic heterocycles. The van der Waals surface area contributed by atoms with Gasteiger partial charge in [0, 0.05) is 6.26 Å². The van der Waals surface area contributed by atoms with Gasteiger partial charge in [-0.15, -0.1) is 0 Å². The smallest absolute Gasteiger partial charge is 0.335 e. The highest BCUT2D eigenvalue weighted by atomic mass is 32.2. The quantitative estimate of drug-likeness (QED) is 0.492. The molecular weight excluding hydrogens is 370 g/mol. The first kappa shape index (κ1) is 20.6. The fraction of sp³-hybridized carbons (Fsp3) is 0.263. The van der Waals surface area contributed by atoms with Crippen molar-refractivity contribution in [2.45, 2.75) is 24.5 Å². The molecule has 2 rings (SSSR count). The number of hydrogen-bond acceptors (Lipinski definition) is 5. The van der Waals surface area contributed by atoms with Crippen molar-refractivity contribution >= 4 is 21.7 Å². The van der Waals surface area contributed by atoms with Crippen LogP contribution in [0.4, 0.5) is 0 Å². The van der Waals surface area contributed by atoms with E-state index in [1.807, 2.05) is 24.3 Å². The number of carbonyl (C=O) groups excluding carboxylic acids is 1. The fourth-order valence-corrected chi connectivity index (χ4v) is 3.49. The number of aromatic carboxylic acids is 1. The summed E-state index contributed by atoms with van der Waals surface area (Å²) in [4.78, 5) is 22.7. The summed E-state index contributed by atoms with van der Waals surface area (Å²) in [7, 11) is -3.73. The average Bonchev–Trinajstić information content (AvgIpc) is 2.65. The number of aryl methyl sites for hydroxylation is 1. The lowest BCUT2D eigenvalue weighted by Gasteiger charge is -2.25. The molecule has 0 fully saturated rings. The summed E-state index contributed by atoms with van der Waals surface area (Å²) < 4.78 is 22.2. The molecule has 144 valence electrons. The van der Waals surface area contributed by atoms with E-state index in [2.05, 4.69) is 0 Å². The maximum atomic E-state index is 12.0. The van der Waals surface area contributed by atoms with Crippen molar-refractivity contribution in [1.29, 1.82) is 0 Å². The van der Waals surface area contributed by atoms with Crippen LogP contribution in [0.1, 0.15) is 29.3 Å². The van der Waals surface area contributed by atoms with Crippen LogP contribution in [0.2, 0.25) is 0 Å². The van der Waals surface area contributed by atoms with E-state index in [1.54, 1.807) is 12.1 Å². The molecule has 0 unspecified atom stereocenters. The molecule has 0 bridgehead atoms. The number of hydroxylamine groups is 1. The lowest BCUT2D eigenvalue weighted by Crippen LogP contribution is -2.49. The first-order valence-corrected chi connectivity index (χ1v) is 10.0. The van der Waals surface area contributed by atoms with Gasteiger partial charge in [0.2, 0.25) is 0 Å². The Bertz CT molecular complexity index is 935. The average molecular weight is 391 g/mol. The van der Waals surface area contributed by atoms with Gasteiger partial charge in [0.15, 0.2) is 9.84 Å². The largest absolute Gasteiger partial charge is 0.478 e. The second kappa shape index (κ2) is 7.89. The van der Waals surface area contributed by atoms with Crippen molar-refractivity contribution in [3.05, 3.63) is 59.7 Å². The van der Waals surface area contributed by atoms with Gasteiger partial charge in [-0.2, -0.15) is 0 Å². The maximum absolute atomic E-state index is 12.0. The monoisotopic (exact) mass is 391 g/mol. The van der Waals surface area contributed by atoms with Crippen LogP contribution in [0, 0.1) is 0 Å². The Morgan fingerprint density at radius 3 is 1.89 bits per heavy atom. The summed E-state index contributed by atoms with van der Waals surface area (Å²) in [6.07, 6.45) is 1.31. The first-order valence-electron chi connectivity index (χ1n) is 8.15. The molecule has 2 aromatic rings. The Morgan fingerprint density at radius 2 is 1.48 bits per heavy atom. The molecular formula is C19H21NO6S. The van der Waals surface area contributed by atoms with E-state index >= 15 is 0 Å². The highest BCUT2D eigenvalue weighted by Crippen LogP contribution is 2.25. The SMILES string of the molecule is C[C@@](CCc1ccc(-c2ccc(C(=O)O)cc2)cc1)(C(=O)NO)S(C)(=O)=O. The molecule has 1 amide bonds. The summed E-state index contributed by atoms with van der Waals surface area (Å²) in [6, 6.07) is 13.8. The number of benzene rings is 2. The third kappa shape index (κ3) is 4.53. The summed E-state index contributed by atoms with van der Waals surface area (Å²) in [5, 5.41) is 17.8. The van der Waals surface area contributed by atoms with Gasteiger partial charge >= 0.3 is 5.97 Å². The molecule has 27 heavy (non-hydrogen) atoms. The Kier molecular flexibility index (Phi) is 6.02. The van der Waals surface area contributed by atoms with Crippen molar-refractivity contribution in [2.75, 3.05) is 6.26 Å². The second-order valence-corrected chi connectivity index (χ2v) is 8.97. The minimum Gasteiger partial charge on any atom is -0.478 e. The van der Waals surface area contributed by atoms with E-state index in [0.717, 1.165) is 22.9 Å². The van der Waals surface area contributed by atoms with Crippen LogP contribution in [-0.2, 0) is 21.1 Å². The zero-order valence-corrected chi connectivity index (χ0v) is 15.8. The van der Waals surface area contributed by atoms with Crippen LogP contribution < -0.4 is 5.48 Å². The van der Waals surface area contributed by atoms with Crippen LogP contribution in [-0.4, -0.2) is 41.6 Å². The van der Waals surface area contributed by atoms with E-state index < -0.39 is 26.5 Å². The van der Waals surface area contributed by atoms with E-state index in [4.69, 9.17) is 10.3 Å². The Balaban J connectivity index is 2.15. The Labute approximate surface area is 157 Å². The van der Waals surface area contributed by atoms with Crippen LogP contribution in [0.25, 0.3) is 11.1 Å². The second-order valence-electron chi connectivity index (χ2n) is 6.52. The van der Waals surface area contributed by atoms with Gasteiger partial charge in [0.1, 0.15) is 4.75 Å². The zero-order valence-electron chi connectivity index (χ0n) is 15.0. The van der Waals surface area contributed by atoms with Crippen molar-refractivity contribution in [3.8, 4) is 11.1 Å². The normalized spacial score (nSPS) is 13.6. The number of carbonyl (C=O) groups is 2. The first-order chi connectivity index (χ1) is 12.6. The molecule has 1 atom stereocenters. The summed E-state index contributed by atoms with van der Waals surface area (Å²) in [5.41, 5.74) is 4.21. The molecule has 3 N–H and O–H groups in total. The predicted octanol–water partition coefficient (Wildman–Crippen LogP) is 2.29. The molecule has 0 aliphatic rings. The highest BCUT2D eigenvalue weighted by Gasteiger charge is 2.43. The van der Waals surface area contributed by atoms with Gasteiger partial charge in [-0.05, 0) is 48.6 Å². The maximum Gasteiger partial charge on any atom is 0.335 e. The molecule has 0 aliphatic carbocycles. The molecule has 7 nitrogen and oxygen atoms in total. The topological polar surface area (TPSA) is 121 Å². The molecule has 2 aromatic carbocycles. The molecule has 8 heteroatoms. The summed E-state index contributed by atoms with van der Waals surface area (Å²) in [6.45, 7) is 1.28. The van der Waals surface area contributed by atoms with E-state index in [1.165, 1.54) is 24.5 Å². The third-order valence-corrected chi connectivity index (χ3v) is 6.74. The fourth-order valence-electron chi connectivity index (χ4n) is 2.64. The van der Waals surface area contributed by atoms with Crippen LogP contribution in [0.5, 0.6) is 0 Å².